The van der Waals surface area contributed by atoms with E-state index < -0.39 is 5.97 Å². The van der Waals surface area contributed by atoms with Crippen molar-refractivity contribution >= 4 is 5.97 Å². The van der Waals surface area contributed by atoms with Gasteiger partial charge in [-0.05, 0) is 75.5 Å². The van der Waals surface area contributed by atoms with Gasteiger partial charge < -0.3 is 14.4 Å². The quantitative estimate of drug-likeness (QED) is 0.0619. The van der Waals surface area contributed by atoms with Gasteiger partial charge in [-0.2, -0.15) is 0 Å². The lowest BCUT2D eigenvalue weighted by molar-refractivity contribution is -0.870. The first-order chi connectivity index (χ1) is 19.8. The lowest BCUT2D eigenvalue weighted by atomic mass is 9.72. The normalized spacial score (nSPS) is 16.3. The number of carboxylic acids is 1. The Kier molecular flexibility index (Phi) is 22.5. The Hall–Kier alpha value is -1.87. The summed E-state index contributed by atoms with van der Waals surface area (Å²) >= 11 is 0. The number of hydrogen-bond donors (Lipinski definition) is 0. The van der Waals surface area contributed by atoms with Gasteiger partial charge >= 0.3 is 0 Å². The Bertz CT molecular complexity index is 877. The molecule has 0 aliphatic heterocycles. The predicted molar refractivity (Wildman–Crippen MR) is 184 cm³/mol. The van der Waals surface area contributed by atoms with Gasteiger partial charge in [0.15, 0.2) is 0 Å². The van der Waals surface area contributed by atoms with Crippen molar-refractivity contribution in [2.75, 3.05) is 27.7 Å². The summed E-state index contributed by atoms with van der Waals surface area (Å²) < 4.78 is 1.12. The van der Waals surface area contributed by atoms with Crippen molar-refractivity contribution in [2.45, 2.75) is 151 Å². The Morgan fingerprint density at radius 3 is 1.76 bits per heavy atom. The molecule has 0 spiro atoms. The fourth-order valence-corrected chi connectivity index (χ4v) is 5.65. The number of unbranched alkanes of at least 4 members (excludes halogenated alkanes) is 13. The van der Waals surface area contributed by atoms with Crippen LogP contribution in [0.15, 0.2) is 58.7 Å². The van der Waals surface area contributed by atoms with Gasteiger partial charge in [0.1, 0.15) is 0 Å². The topological polar surface area (TPSA) is 40.1 Å². The third kappa shape index (κ3) is 23.7. The molecule has 3 heteroatoms. The van der Waals surface area contributed by atoms with Crippen LogP contribution in [0.5, 0.6) is 0 Å². The first-order valence-corrected chi connectivity index (χ1v) is 17.2. The van der Waals surface area contributed by atoms with Crippen molar-refractivity contribution in [3.8, 4) is 0 Å². The molecular formula is C39H69NO2. The van der Waals surface area contributed by atoms with Crippen molar-refractivity contribution in [2.24, 2.45) is 5.41 Å². The van der Waals surface area contributed by atoms with E-state index >= 15 is 0 Å². The molecule has 0 radical (unpaired) electrons. The Labute approximate surface area is 262 Å². The van der Waals surface area contributed by atoms with E-state index in [1.807, 2.05) is 19.1 Å². The molecule has 0 fully saturated rings. The summed E-state index contributed by atoms with van der Waals surface area (Å²) in [6.07, 6.45) is 35.1. The fraction of sp³-hybridized carbons (Fsp3) is 0.718. The summed E-state index contributed by atoms with van der Waals surface area (Å²) in [5, 5.41) is 10.4. The standard InChI is InChI=1S/C20H28O2.C19H42N/c1-15(8-6-9-16(2)14-19(21)22)11-12-18-17(3)10-7-13-20(18,4)5;1-5-6-7-8-9-10-11-12-13-14-15-16-17-18-19-20(2,3)4/h6,8-9,11-12,14H,7,10,13H2,1-5H3,(H,21,22);5-19H2,1-4H3/q;+1/p-1/b9-6?,12-11?,15-8?,16-14-;. The van der Waals surface area contributed by atoms with Crippen molar-refractivity contribution < 1.29 is 14.4 Å². The molecule has 42 heavy (non-hydrogen) atoms. The van der Waals surface area contributed by atoms with E-state index in [1.54, 1.807) is 13.0 Å². The highest BCUT2D eigenvalue weighted by atomic mass is 16.4. The number of nitrogens with zero attached hydrogens (tertiary/aromatic N) is 1. The number of hydrogen-bond acceptors (Lipinski definition) is 2. The van der Waals surface area contributed by atoms with Crippen LogP contribution in [0.4, 0.5) is 0 Å². The lowest BCUT2D eigenvalue weighted by Gasteiger charge is -2.32. The monoisotopic (exact) mass is 584 g/mol. The van der Waals surface area contributed by atoms with Gasteiger partial charge in [0.05, 0.1) is 33.7 Å². The molecule has 1 aliphatic carbocycles. The van der Waals surface area contributed by atoms with E-state index in [1.165, 1.54) is 127 Å². The molecule has 0 bridgehead atoms. The molecule has 242 valence electrons. The van der Waals surface area contributed by atoms with Gasteiger partial charge in [-0.1, -0.05) is 139 Å². The van der Waals surface area contributed by atoms with Gasteiger partial charge in [-0.15, -0.1) is 0 Å². The average molecular weight is 584 g/mol. The second-order valence-electron chi connectivity index (χ2n) is 14.4. The van der Waals surface area contributed by atoms with Crippen molar-refractivity contribution in [1.82, 2.24) is 0 Å². The second kappa shape index (κ2) is 23.6. The van der Waals surface area contributed by atoms with Crippen LogP contribution in [0.1, 0.15) is 151 Å². The number of carboxylic acid groups (broad SMARTS) is 1. The van der Waals surface area contributed by atoms with Crippen LogP contribution < -0.4 is 5.11 Å². The summed E-state index contributed by atoms with van der Waals surface area (Å²) in [5.41, 5.74) is 4.99. The van der Waals surface area contributed by atoms with Crippen molar-refractivity contribution in [3.05, 3.63) is 58.7 Å². The molecular weight excluding hydrogens is 514 g/mol. The van der Waals surface area contributed by atoms with E-state index in [2.05, 4.69) is 61.0 Å². The summed E-state index contributed by atoms with van der Waals surface area (Å²) in [6, 6.07) is 0. The molecule has 0 saturated carbocycles. The van der Waals surface area contributed by atoms with Crippen LogP contribution in [-0.2, 0) is 4.79 Å². The van der Waals surface area contributed by atoms with Crippen LogP contribution >= 0.6 is 0 Å². The van der Waals surface area contributed by atoms with Crippen molar-refractivity contribution in [1.29, 1.82) is 0 Å². The van der Waals surface area contributed by atoms with Crippen LogP contribution in [0, 0.1) is 5.41 Å². The summed E-state index contributed by atoms with van der Waals surface area (Å²) in [4.78, 5) is 10.4. The number of carbonyl (C=O) groups is 1. The minimum atomic E-state index is -1.16. The predicted octanol–water partition coefficient (Wildman–Crippen LogP) is 10.4. The highest BCUT2D eigenvalue weighted by Crippen LogP contribution is 2.40. The van der Waals surface area contributed by atoms with Gasteiger partial charge in [-0.25, -0.2) is 0 Å². The van der Waals surface area contributed by atoms with Gasteiger partial charge in [0.2, 0.25) is 0 Å². The summed E-state index contributed by atoms with van der Waals surface area (Å²) in [7, 11) is 6.88. The van der Waals surface area contributed by atoms with Crippen LogP contribution in [-0.4, -0.2) is 38.1 Å². The molecule has 0 N–H and O–H groups in total. The molecule has 0 unspecified atom stereocenters. The van der Waals surface area contributed by atoms with Crippen LogP contribution in [0.2, 0.25) is 0 Å². The number of rotatable bonds is 20. The number of aliphatic carboxylic acids is 1. The van der Waals surface area contributed by atoms with Gasteiger partial charge in [0.25, 0.3) is 0 Å². The Balaban J connectivity index is 0.000000805. The average Bonchev–Trinajstić information content (AvgIpc) is 2.87. The minimum Gasteiger partial charge on any atom is -0.545 e. The number of carbonyl (C=O) groups excluding carboxylic acids is 1. The molecule has 0 amide bonds. The molecule has 1 rings (SSSR count). The number of quaternary nitrogens is 1. The molecule has 0 heterocycles. The molecule has 0 aromatic rings. The third-order valence-corrected chi connectivity index (χ3v) is 8.30. The zero-order valence-electron chi connectivity index (χ0n) is 29.5. The zero-order valence-corrected chi connectivity index (χ0v) is 29.5. The van der Waals surface area contributed by atoms with Crippen LogP contribution in [0.3, 0.4) is 0 Å². The Morgan fingerprint density at radius 2 is 1.31 bits per heavy atom. The molecule has 0 aromatic carbocycles. The fourth-order valence-electron chi connectivity index (χ4n) is 5.65. The smallest absolute Gasteiger partial charge is 0.0780 e. The first kappa shape index (κ1) is 40.1. The Morgan fingerprint density at radius 1 is 0.810 bits per heavy atom. The maximum absolute atomic E-state index is 10.4. The van der Waals surface area contributed by atoms with Gasteiger partial charge in [0, 0.05) is 0 Å². The molecule has 3 nitrogen and oxygen atoms in total. The van der Waals surface area contributed by atoms with Gasteiger partial charge in [-0.3, -0.25) is 0 Å². The zero-order chi connectivity index (χ0) is 31.9. The molecule has 0 saturated heterocycles. The van der Waals surface area contributed by atoms with E-state index in [-0.39, 0.29) is 5.41 Å². The summed E-state index contributed by atoms with van der Waals surface area (Å²) in [6.45, 7) is 14.3. The van der Waals surface area contributed by atoms with E-state index in [4.69, 9.17) is 0 Å². The van der Waals surface area contributed by atoms with Crippen molar-refractivity contribution in [3.63, 3.8) is 0 Å². The second-order valence-corrected chi connectivity index (χ2v) is 14.4. The molecule has 1 aliphatic rings. The maximum atomic E-state index is 10.4. The third-order valence-electron chi connectivity index (χ3n) is 8.30. The van der Waals surface area contributed by atoms with E-state index in [0.717, 1.165) is 16.1 Å². The SMILES string of the molecule is CC(C=CC1=C(C)CCCC1(C)C)=CC=C/C(C)=C\C(=O)[O-].CCCCCCCCCCCCCCCC[N+](C)(C)C. The molecule has 0 aromatic heterocycles. The first-order valence-electron chi connectivity index (χ1n) is 17.2. The molecule has 0 atom stereocenters. The highest BCUT2D eigenvalue weighted by molar-refractivity contribution is 5.79. The summed E-state index contributed by atoms with van der Waals surface area (Å²) in [5.74, 6) is -1.16. The van der Waals surface area contributed by atoms with E-state index in [0.29, 0.717) is 5.57 Å². The number of allylic oxidation sites excluding steroid dienone is 9. The lowest BCUT2D eigenvalue weighted by Crippen LogP contribution is -2.35. The highest BCUT2D eigenvalue weighted by Gasteiger charge is 2.26. The minimum absolute atomic E-state index is 0.253. The maximum Gasteiger partial charge on any atom is 0.0780 e. The van der Waals surface area contributed by atoms with Crippen LogP contribution in [0.25, 0.3) is 0 Å². The largest absolute Gasteiger partial charge is 0.545 e. The van der Waals surface area contributed by atoms with E-state index in [9.17, 15) is 9.90 Å².